The third kappa shape index (κ3) is 9.63. The van der Waals surface area contributed by atoms with Gasteiger partial charge in [-0.15, -0.1) is 0 Å². The number of hydrogen-bond donors (Lipinski definition) is 1. The van der Waals surface area contributed by atoms with Crippen LogP contribution in [-0.4, -0.2) is 4.99 Å². The summed E-state index contributed by atoms with van der Waals surface area (Å²) >= 11 is 4.98. The minimum absolute atomic E-state index is 0.441. The molecule has 0 saturated heterocycles. The van der Waals surface area contributed by atoms with Crippen molar-refractivity contribution in [3.8, 4) is 0 Å². The van der Waals surface area contributed by atoms with Crippen LogP contribution in [0.2, 0.25) is 0 Å². The van der Waals surface area contributed by atoms with Crippen LogP contribution in [0.5, 0.6) is 0 Å². The molecule has 0 fully saturated rings. The maximum Gasteiger partial charge on any atom is 0.0818 e. The van der Waals surface area contributed by atoms with Gasteiger partial charge in [0.2, 0.25) is 0 Å². The molecule has 0 aromatic rings. The summed E-state index contributed by atoms with van der Waals surface area (Å²) in [5, 5.41) is 2.98. The SMILES string of the molecule is C/C=C\NC(=S)C(C)C.CC. The molecule has 0 heterocycles. The van der Waals surface area contributed by atoms with Gasteiger partial charge in [0.05, 0.1) is 4.99 Å². The van der Waals surface area contributed by atoms with Crippen LogP contribution >= 0.6 is 12.2 Å². The fourth-order valence-corrected chi connectivity index (χ4v) is 0.400. The minimum atomic E-state index is 0.441. The van der Waals surface area contributed by atoms with Crippen molar-refractivity contribution in [2.24, 2.45) is 5.92 Å². The Hall–Kier alpha value is -0.370. The zero-order valence-corrected chi connectivity index (χ0v) is 8.96. The lowest BCUT2D eigenvalue weighted by Gasteiger charge is -2.04. The summed E-state index contributed by atoms with van der Waals surface area (Å²) in [6.07, 6.45) is 3.77. The molecule has 1 nitrogen and oxygen atoms in total. The maximum absolute atomic E-state index is 4.98. The molecule has 0 atom stereocenters. The number of hydrogen-bond acceptors (Lipinski definition) is 1. The van der Waals surface area contributed by atoms with Gasteiger partial charge >= 0.3 is 0 Å². The summed E-state index contributed by atoms with van der Waals surface area (Å²) in [5.41, 5.74) is 0. The van der Waals surface area contributed by atoms with Crippen LogP contribution in [0.3, 0.4) is 0 Å². The number of allylic oxidation sites excluding steroid dienone is 1. The maximum atomic E-state index is 4.98. The zero-order chi connectivity index (χ0) is 9.28. The monoisotopic (exact) mass is 173 g/mol. The molecule has 1 N–H and O–H groups in total. The molecular formula is C9H19NS. The standard InChI is InChI=1S/C7H13NS.C2H6/c1-4-5-8-7(9)6(2)3;1-2/h4-6H,1-3H3,(H,8,9);1-2H3/b5-4-;. The average molecular weight is 173 g/mol. The van der Waals surface area contributed by atoms with Crippen molar-refractivity contribution in [3.05, 3.63) is 12.3 Å². The Kier molecular flexibility index (Phi) is 11.6. The highest BCUT2D eigenvalue weighted by atomic mass is 32.1. The van der Waals surface area contributed by atoms with E-state index in [4.69, 9.17) is 12.2 Å². The van der Waals surface area contributed by atoms with Gasteiger partial charge in [-0.25, -0.2) is 0 Å². The summed E-state index contributed by atoms with van der Waals surface area (Å²) in [6.45, 7) is 10.1. The Morgan fingerprint density at radius 2 is 1.82 bits per heavy atom. The van der Waals surface area contributed by atoms with Crippen molar-refractivity contribution in [3.63, 3.8) is 0 Å². The van der Waals surface area contributed by atoms with Gasteiger partial charge in [-0.2, -0.15) is 0 Å². The average Bonchev–Trinajstić information content (AvgIpc) is 2.03. The first-order valence-electron chi connectivity index (χ1n) is 4.10. The van der Waals surface area contributed by atoms with E-state index in [9.17, 15) is 0 Å². The summed E-state index contributed by atoms with van der Waals surface area (Å²) in [7, 11) is 0. The van der Waals surface area contributed by atoms with E-state index in [1.165, 1.54) is 0 Å². The lowest BCUT2D eigenvalue weighted by molar-refractivity contribution is 0.870. The molecule has 0 unspecified atom stereocenters. The van der Waals surface area contributed by atoms with E-state index in [0.717, 1.165) is 4.99 Å². The normalized spacial score (nSPS) is 9.27. The van der Waals surface area contributed by atoms with Crippen LogP contribution in [0.4, 0.5) is 0 Å². The minimum Gasteiger partial charge on any atom is -0.356 e. The molecule has 11 heavy (non-hydrogen) atoms. The second kappa shape index (κ2) is 9.63. The second-order valence-electron chi connectivity index (χ2n) is 2.16. The highest BCUT2D eigenvalue weighted by Crippen LogP contribution is 1.92. The molecule has 0 aromatic heterocycles. The van der Waals surface area contributed by atoms with Crippen LogP contribution in [0, 0.1) is 5.92 Å². The van der Waals surface area contributed by atoms with Gasteiger partial charge in [-0.1, -0.05) is 46.0 Å². The molecule has 0 spiro atoms. The molecule has 0 aliphatic heterocycles. The van der Waals surface area contributed by atoms with Crippen molar-refractivity contribution < 1.29 is 0 Å². The summed E-state index contributed by atoms with van der Waals surface area (Å²) in [4.78, 5) is 0.896. The van der Waals surface area contributed by atoms with Gasteiger partial charge in [0.25, 0.3) is 0 Å². The molecule has 2 heteroatoms. The molecular weight excluding hydrogens is 154 g/mol. The van der Waals surface area contributed by atoms with Gasteiger partial charge in [0.1, 0.15) is 0 Å². The van der Waals surface area contributed by atoms with E-state index in [0.29, 0.717) is 5.92 Å². The first-order chi connectivity index (χ1) is 5.18. The van der Waals surface area contributed by atoms with Gasteiger partial charge in [-0.05, 0) is 13.1 Å². The predicted octanol–water partition coefficient (Wildman–Crippen LogP) is 3.12. The second-order valence-corrected chi connectivity index (χ2v) is 2.60. The van der Waals surface area contributed by atoms with Gasteiger partial charge < -0.3 is 5.32 Å². The lowest BCUT2D eigenvalue weighted by atomic mass is 10.2. The predicted molar refractivity (Wildman–Crippen MR) is 56.7 cm³/mol. The van der Waals surface area contributed by atoms with Crippen LogP contribution in [0.1, 0.15) is 34.6 Å². The fourth-order valence-electron chi connectivity index (χ4n) is 0.332. The van der Waals surface area contributed by atoms with Gasteiger partial charge in [0, 0.05) is 5.92 Å². The molecule has 0 radical (unpaired) electrons. The zero-order valence-electron chi connectivity index (χ0n) is 8.14. The van der Waals surface area contributed by atoms with Crippen molar-refractivity contribution in [1.29, 1.82) is 0 Å². The van der Waals surface area contributed by atoms with Crippen molar-refractivity contribution in [2.75, 3.05) is 0 Å². The molecule has 66 valence electrons. The van der Waals surface area contributed by atoms with Crippen molar-refractivity contribution in [2.45, 2.75) is 34.6 Å². The third-order valence-corrected chi connectivity index (χ3v) is 1.51. The van der Waals surface area contributed by atoms with Crippen LogP contribution in [0.25, 0.3) is 0 Å². The van der Waals surface area contributed by atoms with E-state index < -0.39 is 0 Å². The molecule has 0 aliphatic carbocycles. The number of rotatable bonds is 2. The van der Waals surface area contributed by atoms with E-state index in [2.05, 4.69) is 19.2 Å². The highest BCUT2D eigenvalue weighted by molar-refractivity contribution is 7.80. The summed E-state index contributed by atoms with van der Waals surface area (Å²) in [5.74, 6) is 0.441. The first kappa shape index (κ1) is 13.2. The molecule has 0 bridgehead atoms. The van der Waals surface area contributed by atoms with Crippen LogP contribution in [0.15, 0.2) is 12.3 Å². The quantitative estimate of drug-likeness (QED) is 0.644. The lowest BCUT2D eigenvalue weighted by Crippen LogP contribution is -2.19. The first-order valence-corrected chi connectivity index (χ1v) is 4.51. The molecule has 0 amide bonds. The van der Waals surface area contributed by atoms with E-state index in [-0.39, 0.29) is 0 Å². The van der Waals surface area contributed by atoms with Crippen LogP contribution in [-0.2, 0) is 0 Å². The van der Waals surface area contributed by atoms with E-state index >= 15 is 0 Å². The van der Waals surface area contributed by atoms with Crippen molar-refractivity contribution >= 4 is 17.2 Å². The number of thiocarbonyl (C=S) groups is 1. The van der Waals surface area contributed by atoms with E-state index in [1.807, 2.05) is 33.0 Å². The van der Waals surface area contributed by atoms with Crippen LogP contribution < -0.4 is 5.32 Å². The third-order valence-electron chi connectivity index (χ3n) is 0.917. The summed E-state index contributed by atoms with van der Waals surface area (Å²) in [6, 6.07) is 0. The van der Waals surface area contributed by atoms with E-state index in [1.54, 1.807) is 0 Å². The Bertz CT molecular complexity index is 117. The largest absolute Gasteiger partial charge is 0.356 e. The Morgan fingerprint density at radius 3 is 2.09 bits per heavy atom. The molecule has 0 aliphatic rings. The van der Waals surface area contributed by atoms with Crippen molar-refractivity contribution in [1.82, 2.24) is 5.32 Å². The Balaban J connectivity index is 0. The Morgan fingerprint density at radius 1 is 1.36 bits per heavy atom. The van der Waals surface area contributed by atoms with Gasteiger partial charge in [0.15, 0.2) is 0 Å². The number of nitrogens with one attached hydrogen (secondary N) is 1. The van der Waals surface area contributed by atoms with Gasteiger partial charge in [-0.3, -0.25) is 0 Å². The topological polar surface area (TPSA) is 12.0 Å². The highest BCUT2D eigenvalue weighted by Gasteiger charge is 1.96. The summed E-state index contributed by atoms with van der Waals surface area (Å²) < 4.78 is 0. The molecule has 0 aromatic carbocycles. The fraction of sp³-hybridized carbons (Fsp3) is 0.667. The Labute approximate surface area is 75.9 Å². The smallest absolute Gasteiger partial charge is 0.0818 e. The molecule has 0 rings (SSSR count). The molecule has 0 saturated carbocycles.